The highest BCUT2D eigenvalue weighted by Gasteiger charge is 2.20. The van der Waals surface area contributed by atoms with Gasteiger partial charge < -0.3 is 5.73 Å². The van der Waals surface area contributed by atoms with Gasteiger partial charge in [-0.15, -0.1) is 12.4 Å². The summed E-state index contributed by atoms with van der Waals surface area (Å²) >= 11 is 3.18. The van der Waals surface area contributed by atoms with Crippen LogP contribution < -0.4 is 5.73 Å². The van der Waals surface area contributed by atoms with E-state index in [0.29, 0.717) is 4.47 Å². The first-order chi connectivity index (χ1) is 8.06. The van der Waals surface area contributed by atoms with Crippen LogP contribution in [-0.4, -0.2) is 29.0 Å². The third-order valence-electron chi connectivity index (χ3n) is 2.92. The van der Waals surface area contributed by atoms with Gasteiger partial charge in [0.25, 0.3) is 5.69 Å². The molecule has 1 fully saturated rings. The van der Waals surface area contributed by atoms with Crippen LogP contribution in [0.3, 0.4) is 0 Å². The summed E-state index contributed by atoms with van der Waals surface area (Å²) in [5.74, 6) is 0. The maximum absolute atomic E-state index is 10.8. The van der Waals surface area contributed by atoms with Gasteiger partial charge in [0.2, 0.25) is 0 Å². The van der Waals surface area contributed by atoms with Crippen LogP contribution in [0.2, 0.25) is 0 Å². The second kappa shape index (κ2) is 6.47. The lowest BCUT2D eigenvalue weighted by Crippen LogP contribution is -2.26. The molecule has 1 aromatic carbocycles. The van der Waals surface area contributed by atoms with Crippen molar-refractivity contribution in [3.63, 3.8) is 0 Å². The molecule has 0 saturated carbocycles. The van der Waals surface area contributed by atoms with Gasteiger partial charge in [0.1, 0.15) is 0 Å². The molecule has 7 heteroatoms. The van der Waals surface area contributed by atoms with E-state index in [1.54, 1.807) is 12.1 Å². The molecule has 18 heavy (non-hydrogen) atoms. The Bertz CT molecular complexity index is 444. The Morgan fingerprint density at radius 2 is 2.28 bits per heavy atom. The normalized spacial score (nSPS) is 19.6. The zero-order chi connectivity index (χ0) is 12.4. The third kappa shape index (κ3) is 3.65. The van der Waals surface area contributed by atoms with E-state index in [1.165, 1.54) is 0 Å². The van der Waals surface area contributed by atoms with Gasteiger partial charge in [0.05, 0.1) is 9.40 Å². The highest BCUT2D eigenvalue weighted by molar-refractivity contribution is 9.10. The monoisotopic (exact) mass is 335 g/mol. The minimum atomic E-state index is -0.372. The number of nitrogens with zero attached hydrogens (tertiary/aromatic N) is 2. The van der Waals surface area contributed by atoms with Gasteiger partial charge in [-0.2, -0.15) is 0 Å². The van der Waals surface area contributed by atoms with Crippen LogP contribution >= 0.6 is 28.3 Å². The zero-order valence-electron chi connectivity index (χ0n) is 9.71. The number of benzene rings is 1. The molecule has 2 rings (SSSR count). The summed E-state index contributed by atoms with van der Waals surface area (Å²) in [7, 11) is 0. The predicted molar refractivity (Wildman–Crippen MR) is 75.9 cm³/mol. The van der Waals surface area contributed by atoms with Crippen LogP contribution in [-0.2, 0) is 6.54 Å². The molecule has 0 spiro atoms. The summed E-state index contributed by atoms with van der Waals surface area (Å²) in [5, 5.41) is 10.8. The molecular formula is C11H15BrClN3O2. The quantitative estimate of drug-likeness (QED) is 0.679. The molecule has 2 N–H and O–H groups in total. The van der Waals surface area contributed by atoms with Crippen LogP contribution in [0.4, 0.5) is 5.69 Å². The van der Waals surface area contributed by atoms with Crippen molar-refractivity contribution >= 4 is 34.0 Å². The molecule has 100 valence electrons. The fourth-order valence-corrected chi connectivity index (χ4v) is 2.45. The van der Waals surface area contributed by atoms with Crippen LogP contribution in [0.5, 0.6) is 0 Å². The second-order valence-corrected chi connectivity index (χ2v) is 5.18. The molecule has 1 aliphatic rings. The Kier molecular flexibility index (Phi) is 5.52. The number of hydrogen-bond donors (Lipinski definition) is 1. The highest BCUT2D eigenvalue weighted by Crippen LogP contribution is 2.26. The fraction of sp³-hybridized carbons (Fsp3) is 0.455. The number of rotatable bonds is 3. The van der Waals surface area contributed by atoms with E-state index < -0.39 is 0 Å². The first-order valence-electron chi connectivity index (χ1n) is 5.47. The van der Waals surface area contributed by atoms with Crippen molar-refractivity contribution in [2.45, 2.75) is 19.0 Å². The van der Waals surface area contributed by atoms with Gasteiger partial charge in [-0.3, -0.25) is 15.0 Å². The number of halogens is 2. The van der Waals surface area contributed by atoms with Crippen LogP contribution in [0.25, 0.3) is 0 Å². The van der Waals surface area contributed by atoms with E-state index in [0.717, 1.165) is 31.6 Å². The van der Waals surface area contributed by atoms with Gasteiger partial charge in [-0.25, -0.2) is 0 Å². The molecule has 1 atom stereocenters. The number of nitro benzene ring substituents is 1. The minimum absolute atomic E-state index is 0. The minimum Gasteiger partial charge on any atom is -0.326 e. The Balaban J connectivity index is 0.00000162. The van der Waals surface area contributed by atoms with Gasteiger partial charge >= 0.3 is 0 Å². The average molecular weight is 337 g/mol. The first-order valence-corrected chi connectivity index (χ1v) is 6.26. The largest absolute Gasteiger partial charge is 0.326 e. The molecule has 1 aromatic rings. The maximum Gasteiger partial charge on any atom is 0.283 e. The fourth-order valence-electron chi connectivity index (χ4n) is 2.06. The average Bonchev–Trinajstić information content (AvgIpc) is 2.66. The molecule has 0 unspecified atom stereocenters. The lowest BCUT2D eigenvalue weighted by molar-refractivity contribution is -0.385. The molecule has 0 amide bonds. The van der Waals surface area contributed by atoms with Crippen molar-refractivity contribution in [2.75, 3.05) is 13.1 Å². The number of nitro groups is 1. The van der Waals surface area contributed by atoms with E-state index in [1.807, 2.05) is 6.07 Å². The zero-order valence-corrected chi connectivity index (χ0v) is 12.1. The van der Waals surface area contributed by atoms with E-state index in [2.05, 4.69) is 20.8 Å². The van der Waals surface area contributed by atoms with Crippen LogP contribution in [0.1, 0.15) is 12.0 Å². The molecule has 5 nitrogen and oxygen atoms in total. The lowest BCUT2D eigenvalue weighted by Gasteiger charge is -2.14. The molecule has 1 saturated heterocycles. The van der Waals surface area contributed by atoms with E-state index in [-0.39, 0.29) is 29.1 Å². The van der Waals surface area contributed by atoms with Crippen molar-refractivity contribution in [1.82, 2.24) is 4.90 Å². The molecule has 1 aliphatic heterocycles. The number of hydrogen-bond acceptors (Lipinski definition) is 4. The summed E-state index contributed by atoms with van der Waals surface area (Å²) in [4.78, 5) is 12.7. The van der Waals surface area contributed by atoms with Crippen LogP contribution in [0, 0.1) is 10.1 Å². The van der Waals surface area contributed by atoms with Gasteiger partial charge in [0.15, 0.2) is 0 Å². The standard InChI is InChI=1S/C11H14BrN3O2.ClH/c12-10-2-1-8(5-11(10)15(16)17)6-14-4-3-9(13)7-14;/h1-2,5,9H,3-4,6-7,13H2;1H/t9-;/m1./s1. The van der Waals surface area contributed by atoms with Crippen molar-refractivity contribution in [2.24, 2.45) is 5.73 Å². The smallest absolute Gasteiger partial charge is 0.283 e. The maximum atomic E-state index is 10.8. The second-order valence-electron chi connectivity index (χ2n) is 4.33. The summed E-state index contributed by atoms with van der Waals surface area (Å²) < 4.78 is 0.518. The summed E-state index contributed by atoms with van der Waals surface area (Å²) in [6, 6.07) is 5.48. The molecule has 0 aromatic heterocycles. The third-order valence-corrected chi connectivity index (χ3v) is 3.59. The molecular weight excluding hydrogens is 321 g/mol. The SMILES string of the molecule is Cl.N[C@@H]1CCN(Cc2ccc(Br)c([N+](=O)[O-])c2)C1. The molecule has 0 aliphatic carbocycles. The predicted octanol–water partition coefficient (Wildman–Crippen LogP) is 2.31. The topological polar surface area (TPSA) is 72.4 Å². The van der Waals surface area contributed by atoms with E-state index in [4.69, 9.17) is 5.73 Å². The Morgan fingerprint density at radius 1 is 1.56 bits per heavy atom. The van der Waals surface area contributed by atoms with Crippen molar-refractivity contribution in [1.29, 1.82) is 0 Å². The number of likely N-dealkylation sites (tertiary alicyclic amines) is 1. The Labute approximate surface area is 120 Å². The Morgan fingerprint density at radius 3 is 2.83 bits per heavy atom. The summed E-state index contributed by atoms with van der Waals surface area (Å²) in [6.45, 7) is 2.55. The molecule has 0 radical (unpaired) electrons. The summed E-state index contributed by atoms with van der Waals surface area (Å²) in [5.41, 5.74) is 6.89. The first kappa shape index (κ1) is 15.4. The Hall–Kier alpha value is -0.690. The molecule has 0 bridgehead atoms. The van der Waals surface area contributed by atoms with Gasteiger partial charge in [-0.1, -0.05) is 6.07 Å². The summed E-state index contributed by atoms with van der Waals surface area (Å²) in [6.07, 6.45) is 0.999. The van der Waals surface area contributed by atoms with Gasteiger partial charge in [0, 0.05) is 31.7 Å². The van der Waals surface area contributed by atoms with Crippen LogP contribution in [0.15, 0.2) is 22.7 Å². The van der Waals surface area contributed by atoms with Crippen molar-refractivity contribution in [3.05, 3.63) is 38.3 Å². The van der Waals surface area contributed by atoms with Gasteiger partial charge in [-0.05, 0) is 34.0 Å². The van der Waals surface area contributed by atoms with E-state index >= 15 is 0 Å². The lowest BCUT2D eigenvalue weighted by atomic mass is 10.2. The van der Waals surface area contributed by atoms with Crippen molar-refractivity contribution < 1.29 is 4.92 Å². The van der Waals surface area contributed by atoms with E-state index in [9.17, 15) is 10.1 Å². The molecule has 1 heterocycles. The number of nitrogens with two attached hydrogens (primary N) is 1. The van der Waals surface area contributed by atoms with Crippen molar-refractivity contribution in [3.8, 4) is 0 Å². The highest BCUT2D eigenvalue weighted by atomic mass is 79.9.